The van der Waals surface area contributed by atoms with Crippen LogP contribution in [-0.2, 0) is 9.97 Å². The third-order valence-corrected chi connectivity index (χ3v) is 4.09. The van der Waals surface area contributed by atoms with Gasteiger partial charge in [0.1, 0.15) is 0 Å². The van der Waals surface area contributed by atoms with Gasteiger partial charge in [-0.1, -0.05) is 77.3 Å². The highest BCUT2D eigenvalue weighted by Gasteiger charge is 2.38. The van der Waals surface area contributed by atoms with Crippen molar-refractivity contribution in [2.24, 2.45) is 0 Å². The highest BCUT2D eigenvalue weighted by Crippen LogP contribution is 2.47. The molecule has 3 aromatic carbocycles. The Balaban J connectivity index is 2.61. The van der Waals surface area contributed by atoms with Crippen molar-refractivity contribution in [2.45, 2.75) is 9.97 Å². The van der Waals surface area contributed by atoms with Gasteiger partial charge in [0.25, 0.3) is 0 Å². The van der Waals surface area contributed by atoms with Crippen LogP contribution in [-0.4, -0.2) is 0 Å². The average molecular weight is 364 g/mol. The summed E-state index contributed by atoms with van der Waals surface area (Å²) in [6, 6.07) is 12.5. The van der Waals surface area contributed by atoms with Crippen molar-refractivity contribution < 1.29 is 13.2 Å². The van der Waals surface area contributed by atoms with Gasteiger partial charge in [0.05, 0.1) is 5.56 Å². The molecule has 0 aliphatic heterocycles. The summed E-state index contributed by atoms with van der Waals surface area (Å²) < 4.78 is 39.1. The van der Waals surface area contributed by atoms with E-state index in [-0.39, 0.29) is 16.3 Å². The molecule has 0 heterocycles. The Morgan fingerprint density at radius 2 is 1.41 bits per heavy atom. The molecule has 6 heteroatoms. The second-order valence-corrected chi connectivity index (χ2v) is 7.15. The molecule has 0 atom stereocenters. The summed E-state index contributed by atoms with van der Waals surface area (Å²) in [5.41, 5.74) is -0.754. The summed E-state index contributed by atoms with van der Waals surface area (Å²) in [7, 11) is 0. The Morgan fingerprint density at radius 3 is 2.05 bits per heavy atom. The SMILES string of the molecule is FC(F)(F)c1c2ccccc2cc2cccc(C(Cl)(Cl)Cl)c12. The van der Waals surface area contributed by atoms with E-state index in [1.807, 2.05) is 0 Å². The van der Waals surface area contributed by atoms with E-state index in [2.05, 4.69) is 0 Å². The minimum Gasteiger partial charge on any atom is -0.166 e. The second kappa shape index (κ2) is 5.19. The van der Waals surface area contributed by atoms with Gasteiger partial charge in [0.15, 0.2) is 0 Å². The Labute approximate surface area is 139 Å². The number of rotatable bonds is 0. The summed E-state index contributed by atoms with van der Waals surface area (Å²) in [4.78, 5) is 0. The minimum atomic E-state index is -4.56. The van der Waals surface area contributed by atoms with Crippen LogP contribution in [0, 0.1) is 0 Å². The number of hydrogen-bond donors (Lipinski definition) is 0. The van der Waals surface area contributed by atoms with Crippen LogP contribution in [0.2, 0.25) is 0 Å². The second-order valence-electron chi connectivity index (χ2n) is 4.87. The lowest BCUT2D eigenvalue weighted by atomic mass is 9.93. The molecule has 0 bridgehead atoms. The number of benzene rings is 3. The fourth-order valence-corrected chi connectivity index (χ4v) is 3.13. The topological polar surface area (TPSA) is 0 Å². The first kappa shape index (κ1) is 15.7. The van der Waals surface area contributed by atoms with Crippen LogP contribution in [0.5, 0.6) is 0 Å². The first-order valence-electron chi connectivity index (χ1n) is 6.28. The monoisotopic (exact) mass is 362 g/mol. The highest BCUT2D eigenvalue weighted by atomic mass is 35.6. The van der Waals surface area contributed by atoms with Crippen LogP contribution in [0.1, 0.15) is 11.1 Å². The molecule has 0 nitrogen and oxygen atoms in total. The Morgan fingerprint density at radius 1 is 0.773 bits per heavy atom. The predicted octanol–water partition coefficient (Wildman–Crippen LogP) is 6.84. The number of hydrogen-bond acceptors (Lipinski definition) is 0. The molecule has 0 fully saturated rings. The van der Waals surface area contributed by atoms with Crippen molar-refractivity contribution in [2.75, 3.05) is 0 Å². The standard InChI is InChI=1S/C16H8Cl3F3/c17-15(18,19)12-7-3-5-10-8-9-4-1-2-6-11(9)14(13(10)12)16(20,21)22/h1-8H. The predicted molar refractivity (Wildman–Crippen MR) is 85.7 cm³/mol. The molecule has 0 spiro atoms. The van der Waals surface area contributed by atoms with Gasteiger partial charge >= 0.3 is 6.18 Å². The normalized spacial score (nSPS) is 13.0. The van der Waals surface area contributed by atoms with E-state index < -0.39 is 15.5 Å². The van der Waals surface area contributed by atoms with E-state index in [4.69, 9.17) is 34.8 Å². The van der Waals surface area contributed by atoms with Gasteiger partial charge in [0.2, 0.25) is 3.79 Å². The maximum absolute atomic E-state index is 13.7. The largest absolute Gasteiger partial charge is 0.417 e. The van der Waals surface area contributed by atoms with E-state index in [9.17, 15) is 13.2 Å². The molecule has 0 amide bonds. The quantitative estimate of drug-likeness (QED) is 0.303. The molecule has 22 heavy (non-hydrogen) atoms. The van der Waals surface area contributed by atoms with Crippen LogP contribution in [0.15, 0.2) is 48.5 Å². The lowest BCUT2D eigenvalue weighted by molar-refractivity contribution is -0.135. The molecule has 3 aromatic rings. The van der Waals surface area contributed by atoms with Crippen molar-refractivity contribution in [3.63, 3.8) is 0 Å². The molecule has 0 N–H and O–H groups in total. The molecular formula is C16H8Cl3F3. The maximum atomic E-state index is 13.7. The van der Waals surface area contributed by atoms with Gasteiger partial charge in [-0.15, -0.1) is 0 Å². The first-order valence-corrected chi connectivity index (χ1v) is 7.42. The minimum absolute atomic E-state index is 0.0214. The van der Waals surface area contributed by atoms with Crippen molar-refractivity contribution in [1.29, 1.82) is 0 Å². The molecule has 0 saturated carbocycles. The number of fused-ring (bicyclic) bond motifs is 2. The lowest BCUT2D eigenvalue weighted by Gasteiger charge is -2.20. The third kappa shape index (κ3) is 2.62. The lowest BCUT2D eigenvalue weighted by Crippen LogP contribution is -2.11. The van der Waals surface area contributed by atoms with E-state index in [1.54, 1.807) is 36.4 Å². The van der Waals surface area contributed by atoms with E-state index in [0.717, 1.165) is 0 Å². The molecule has 0 aromatic heterocycles. The summed E-state index contributed by atoms with van der Waals surface area (Å²) >= 11 is 17.6. The van der Waals surface area contributed by atoms with Crippen molar-refractivity contribution in [3.05, 3.63) is 59.7 Å². The molecule has 0 aliphatic rings. The molecule has 0 aliphatic carbocycles. The van der Waals surface area contributed by atoms with Crippen LogP contribution >= 0.6 is 34.8 Å². The molecule has 0 radical (unpaired) electrons. The Hall–Kier alpha value is -1.16. The smallest absolute Gasteiger partial charge is 0.166 e. The van der Waals surface area contributed by atoms with Gasteiger partial charge in [-0.25, -0.2) is 0 Å². The summed E-state index contributed by atoms with van der Waals surface area (Å²) in [5, 5.41) is 0.886. The zero-order chi connectivity index (χ0) is 16.1. The Bertz CT molecular complexity index is 864. The van der Waals surface area contributed by atoms with Crippen molar-refractivity contribution in [3.8, 4) is 0 Å². The van der Waals surface area contributed by atoms with Crippen LogP contribution in [0.3, 0.4) is 0 Å². The van der Waals surface area contributed by atoms with Gasteiger partial charge in [-0.05, 0) is 22.2 Å². The summed E-state index contributed by atoms with van der Waals surface area (Å²) in [5.74, 6) is 0. The molecule has 0 unspecified atom stereocenters. The van der Waals surface area contributed by atoms with Crippen molar-refractivity contribution >= 4 is 56.3 Å². The van der Waals surface area contributed by atoms with Crippen LogP contribution in [0.25, 0.3) is 21.5 Å². The Kier molecular flexibility index (Phi) is 3.71. The number of halogens is 6. The van der Waals surface area contributed by atoms with Gasteiger partial charge < -0.3 is 0 Å². The maximum Gasteiger partial charge on any atom is 0.417 e. The number of alkyl halides is 6. The summed E-state index contributed by atoms with van der Waals surface area (Å²) in [6.45, 7) is 0. The molecule has 3 rings (SSSR count). The highest BCUT2D eigenvalue weighted by molar-refractivity contribution is 6.67. The van der Waals surface area contributed by atoms with Crippen LogP contribution in [0.4, 0.5) is 13.2 Å². The molecular weight excluding hydrogens is 356 g/mol. The summed E-state index contributed by atoms with van der Waals surface area (Å²) in [6.07, 6.45) is -4.56. The average Bonchev–Trinajstić information content (AvgIpc) is 2.41. The zero-order valence-corrected chi connectivity index (χ0v) is 13.2. The van der Waals surface area contributed by atoms with Gasteiger partial charge in [-0.2, -0.15) is 13.2 Å². The zero-order valence-electron chi connectivity index (χ0n) is 10.9. The fraction of sp³-hybridized carbons (Fsp3) is 0.125. The third-order valence-electron chi connectivity index (χ3n) is 3.48. The van der Waals surface area contributed by atoms with E-state index >= 15 is 0 Å². The van der Waals surface area contributed by atoms with E-state index in [0.29, 0.717) is 10.8 Å². The van der Waals surface area contributed by atoms with Crippen LogP contribution < -0.4 is 0 Å². The van der Waals surface area contributed by atoms with Gasteiger partial charge in [-0.3, -0.25) is 0 Å². The van der Waals surface area contributed by atoms with Crippen molar-refractivity contribution in [1.82, 2.24) is 0 Å². The molecule has 0 saturated heterocycles. The molecule has 114 valence electrons. The first-order chi connectivity index (χ1) is 10.2. The van der Waals surface area contributed by atoms with E-state index in [1.165, 1.54) is 12.1 Å². The fourth-order valence-electron chi connectivity index (χ4n) is 2.65. The van der Waals surface area contributed by atoms with Gasteiger partial charge in [0, 0.05) is 10.9 Å².